The summed E-state index contributed by atoms with van der Waals surface area (Å²) in [5.74, 6) is 0. The highest BCUT2D eigenvalue weighted by molar-refractivity contribution is 9.10. The van der Waals surface area contributed by atoms with Gasteiger partial charge < -0.3 is 5.73 Å². The van der Waals surface area contributed by atoms with Gasteiger partial charge in [0.15, 0.2) is 0 Å². The normalized spacial score (nSPS) is 13.1. The molecule has 0 bridgehead atoms. The maximum atomic E-state index is 12.6. The highest BCUT2D eigenvalue weighted by atomic mass is 79.9. The third-order valence-electron chi connectivity index (χ3n) is 3.21. The van der Waals surface area contributed by atoms with Gasteiger partial charge in [0.2, 0.25) is 10.0 Å². The van der Waals surface area contributed by atoms with Crippen LogP contribution in [0.25, 0.3) is 0 Å². The summed E-state index contributed by atoms with van der Waals surface area (Å²) >= 11 is 3.43. The van der Waals surface area contributed by atoms with E-state index in [1.807, 2.05) is 24.3 Å². The smallest absolute Gasteiger partial charge is 0.243 e. The third kappa shape index (κ3) is 3.45. The molecule has 0 saturated carbocycles. The minimum absolute atomic E-state index is 0.143. The Hall–Kier alpha value is -1.37. The Balaban J connectivity index is 2.36. The van der Waals surface area contributed by atoms with Crippen LogP contribution in [0, 0.1) is 6.92 Å². The Morgan fingerprint density at radius 1 is 1.14 bits per heavy atom. The molecule has 0 radical (unpaired) electrons. The molecule has 0 fully saturated rings. The van der Waals surface area contributed by atoms with E-state index in [0.29, 0.717) is 5.56 Å². The molecule has 1 atom stereocenters. The number of benzene rings is 2. The van der Waals surface area contributed by atoms with E-state index < -0.39 is 10.0 Å². The molecule has 6 heteroatoms. The van der Waals surface area contributed by atoms with Crippen molar-refractivity contribution < 1.29 is 8.42 Å². The molecule has 2 aromatic rings. The highest BCUT2D eigenvalue weighted by Gasteiger charge is 2.23. The van der Waals surface area contributed by atoms with Gasteiger partial charge in [0.05, 0.1) is 5.69 Å². The second kappa shape index (κ2) is 6.17. The van der Waals surface area contributed by atoms with Gasteiger partial charge in [-0.2, -0.15) is 0 Å². The first-order valence-corrected chi connectivity index (χ1v) is 8.72. The first-order chi connectivity index (χ1) is 9.83. The first-order valence-electron chi connectivity index (χ1n) is 6.45. The lowest BCUT2D eigenvalue weighted by atomic mass is 10.1. The van der Waals surface area contributed by atoms with E-state index in [2.05, 4.69) is 20.7 Å². The number of aryl methyl sites for hydroxylation is 1. The number of nitrogen functional groups attached to an aromatic ring is 1. The fourth-order valence-corrected chi connectivity index (χ4v) is 4.43. The zero-order chi connectivity index (χ0) is 15.6. The van der Waals surface area contributed by atoms with Crippen LogP contribution in [0.3, 0.4) is 0 Å². The van der Waals surface area contributed by atoms with Gasteiger partial charge in [-0.1, -0.05) is 46.3 Å². The number of sulfonamides is 1. The molecule has 0 aliphatic rings. The second-order valence-electron chi connectivity index (χ2n) is 4.86. The quantitative estimate of drug-likeness (QED) is 0.812. The zero-order valence-electron chi connectivity index (χ0n) is 11.8. The van der Waals surface area contributed by atoms with E-state index in [9.17, 15) is 8.42 Å². The van der Waals surface area contributed by atoms with Crippen LogP contribution in [0.1, 0.15) is 24.1 Å². The molecule has 112 valence electrons. The number of anilines is 1. The molecule has 0 heterocycles. The lowest BCUT2D eigenvalue weighted by molar-refractivity contribution is 0.566. The maximum absolute atomic E-state index is 12.6. The molecule has 2 rings (SSSR count). The molecule has 0 saturated heterocycles. The van der Waals surface area contributed by atoms with Gasteiger partial charge in [-0.05, 0) is 37.1 Å². The van der Waals surface area contributed by atoms with Crippen molar-refractivity contribution in [3.63, 3.8) is 0 Å². The van der Waals surface area contributed by atoms with E-state index >= 15 is 0 Å². The number of nitrogens with two attached hydrogens (primary N) is 1. The Kier molecular flexibility index (Phi) is 4.70. The van der Waals surface area contributed by atoms with Crippen molar-refractivity contribution in [3.8, 4) is 0 Å². The Labute approximate surface area is 133 Å². The minimum atomic E-state index is -3.68. The third-order valence-corrected chi connectivity index (χ3v) is 5.70. The predicted molar refractivity (Wildman–Crippen MR) is 88.5 cm³/mol. The van der Waals surface area contributed by atoms with Crippen molar-refractivity contribution in [2.75, 3.05) is 5.73 Å². The van der Waals surface area contributed by atoms with Crippen LogP contribution in [-0.4, -0.2) is 8.42 Å². The van der Waals surface area contributed by atoms with E-state index in [0.717, 1.165) is 10.0 Å². The van der Waals surface area contributed by atoms with Crippen molar-refractivity contribution in [1.29, 1.82) is 0 Å². The maximum Gasteiger partial charge on any atom is 0.243 e. The Bertz CT molecular complexity index is 740. The monoisotopic (exact) mass is 368 g/mol. The molecule has 0 spiro atoms. The van der Waals surface area contributed by atoms with Gasteiger partial charge in [-0.15, -0.1) is 0 Å². The van der Waals surface area contributed by atoms with Gasteiger partial charge in [0, 0.05) is 10.5 Å². The molecular formula is C15H17BrN2O2S. The number of halogens is 1. The Morgan fingerprint density at radius 2 is 1.81 bits per heavy atom. The summed E-state index contributed by atoms with van der Waals surface area (Å²) in [6.45, 7) is 3.53. The highest BCUT2D eigenvalue weighted by Crippen LogP contribution is 2.27. The molecule has 0 aromatic heterocycles. The van der Waals surface area contributed by atoms with Crippen LogP contribution in [0.4, 0.5) is 5.69 Å². The van der Waals surface area contributed by atoms with Crippen molar-refractivity contribution in [2.24, 2.45) is 0 Å². The van der Waals surface area contributed by atoms with Gasteiger partial charge in [0.25, 0.3) is 0 Å². The van der Waals surface area contributed by atoms with Crippen LogP contribution < -0.4 is 10.5 Å². The lowest BCUT2D eigenvalue weighted by Crippen LogP contribution is -2.28. The SMILES string of the molecule is Cc1cccc(N)c1S(=O)(=O)NC(C)c1ccccc1Br. The van der Waals surface area contributed by atoms with Gasteiger partial charge in [-0.3, -0.25) is 0 Å². The van der Waals surface area contributed by atoms with Gasteiger partial charge in [-0.25, -0.2) is 13.1 Å². The number of nitrogens with one attached hydrogen (secondary N) is 1. The van der Waals surface area contributed by atoms with Gasteiger partial charge in [0.1, 0.15) is 4.90 Å². The van der Waals surface area contributed by atoms with Crippen molar-refractivity contribution in [3.05, 3.63) is 58.1 Å². The van der Waals surface area contributed by atoms with Crippen LogP contribution in [0.5, 0.6) is 0 Å². The van der Waals surface area contributed by atoms with E-state index in [-0.39, 0.29) is 16.6 Å². The molecule has 1 unspecified atom stereocenters. The molecule has 3 N–H and O–H groups in total. The fraction of sp³-hybridized carbons (Fsp3) is 0.200. The van der Waals surface area contributed by atoms with Crippen LogP contribution in [-0.2, 0) is 10.0 Å². The minimum Gasteiger partial charge on any atom is -0.398 e. The van der Waals surface area contributed by atoms with Crippen LogP contribution in [0.2, 0.25) is 0 Å². The van der Waals surface area contributed by atoms with Crippen LogP contribution >= 0.6 is 15.9 Å². The molecular weight excluding hydrogens is 352 g/mol. The van der Waals surface area contributed by atoms with E-state index in [1.165, 1.54) is 0 Å². The lowest BCUT2D eigenvalue weighted by Gasteiger charge is -2.18. The molecule has 21 heavy (non-hydrogen) atoms. The summed E-state index contributed by atoms with van der Waals surface area (Å²) in [7, 11) is -3.68. The second-order valence-corrected chi connectivity index (χ2v) is 7.36. The standard InChI is InChI=1S/C15H17BrN2O2S/c1-10-6-5-9-14(17)15(10)21(19,20)18-11(2)12-7-3-4-8-13(12)16/h3-9,11,18H,17H2,1-2H3. The van der Waals surface area contributed by atoms with Crippen molar-refractivity contribution >= 4 is 31.6 Å². The van der Waals surface area contributed by atoms with Crippen LogP contribution in [0.15, 0.2) is 51.8 Å². The van der Waals surface area contributed by atoms with E-state index in [4.69, 9.17) is 5.73 Å². The number of hydrogen-bond acceptors (Lipinski definition) is 3. The average Bonchev–Trinajstić information content (AvgIpc) is 2.37. The average molecular weight is 369 g/mol. The molecule has 0 aliphatic carbocycles. The fourth-order valence-electron chi connectivity index (χ4n) is 2.22. The first kappa shape index (κ1) is 16.0. The topological polar surface area (TPSA) is 72.2 Å². The number of rotatable bonds is 4. The summed E-state index contributed by atoms with van der Waals surface area (Å²) < 4.78 is 28.7. The summed E-state index contributed by atoms with van der Waals surface area (Å²) in [4.78, 5) is 0.143. The summed E-state index contributed by atoms with van der Waals surface area (Å²) in [6, 6.07) is 12.2. The number of hydrogen-bond donors (Lipinski definition) is 2. The predicted octanol–water partition coefficient (Wildman–Crippen LogP) is 3.38. The van der Waals surface area contributed by atoms with Crippen molar-refractivity contribution in [1.82, 2.24) is 4.72 Å². The summed E-state index contributed by atoms with van der Waals surface area (Å²) in [6.07, 6.45) is 0. The summed E-state index contributed by atoms with van der Waals surface area (Å²) in [5.41, 5.74) is 7.57. The Morgan fingerprint density at radius 3 is 2.43 bits per heavy atom. The van der Waals surface area contributed by atoms with Crippen molar-refractivity contribution in [2.45, 2.75) is 24.8 Å². The molecule has 2 aromatic carbocycles. The molecule has 0 aliphatic heterocycles. The van der Waals surface area contributed by atoms with E-state index in [1.54, 1.807) is 32.0 Å². The summed E-state index contributed by atoms with van der Waals surface area (Å²) in [5, 5.41) is 0. The zero-order valence-corrected chi connectivity index (χ0v) is 14.2. The van der Waals surface area contributed by atoms with Gasteiger partial charge >= 0.3 is 0 Å². The molecule has 0 amide bonds. The molecule has 4 nitrogen and oxygen atoms in total. The largest absolute Gasteiger partial charge is 0.398 e.